The van der Waals surface area contributed by atoms with Gasteiger partial charge < -0.3 is 42.2 Å². The zero-order valence-corrected chi connectivity index (χ0v) is 32.3. The van der Waals surface area contributed by atoms with Gasteiger partial charge in [0.05, 0.1) is 0 Å². The quantitative estimate of drug-likeness (QED) is 0.183. The Hall–Kier alpha value is -5.73. The molecule has 6 atom stereocenters. The molecule has 1 fully saturated rings. The zero-order valence-electron chi connectivity index (χ0n) is 32.3. The molecule has 1 aliphatic heterocycles. The number of carbonyl (C=O) groups is 7. The monoisotopic (exact) mass is 758 g/mol. The third-order valence-corrected chi connectivity index (χ3v) is 9.54. The normalized spacial score (nSPS) is 24.6. The summed E-state index contributed by atoms with van der Waals surface area (Å²) in [5.41, 5.74) is 2.39. The van der Waals surface area contributed by atoms with Crippen molar-refractivity contribution in [2.75, 3.05) is 6.54 Å². The number of rotatable bonds is 6. The molecule has 0 unspecified atom stereocenters. The Bertz CT molecular complexity index is 1840. The molecule has 1 saturated heterocycles. The summed E-state index contributed by atoms with van der Waals surface area (Å²) in [6, 6.07) is 10.1. The third kappa shape index (κ3) is 11.9. The summed E-state index contributed by atoms with van der Waals surface area (Å²) >= 11 is 0. The Morgan fingerprint density at radius 3 is 1.80 bits per heavy atom. The SMILES string of the molecule is CC(C)[C@@H]1NC(=O)[C@H](C)NC(=O)CCCNC(=O)[C@H](Cc2c[nH]c3ccccc23)NC(=O)[C@H](C)NC(=O)[C@H](C(C)C)NC(=O)[C@H](Cc2ccccc2)NC1=O. The van der Waals surface area contributed by atoms with Gasteiger partial charge in [0.15, 0.2) is 0 Å². The lowest BCUT2D eigenvalue weighted by molar-refractivity contribution is -0.136. The number of hydrogen-bond donors (Lipinski definition) is 8. The van der Waals surface area contributed by atoms with Gasteiger partial charge in [-0.1, -0.05) is 76.2 Å². The highest BCUT2D eigenvalue weighted by molar-refractivity contribution is 5.97. The van der Waals surface area contributed by atoms with Crippen molar-refractivity contribution in [3.63, 3.8) is 0 Å². The van der Waals surface area contributed by atoms with E-state index in [9.17, 15) is 33.6 Å². The summed E-state index contributed by atoms with van der Waals surface area (Å²) < 4.78 is 0. The molecule has 15 heteroatoms. The van der Waals surface area contributed by atoms with Crippen LogP contribution in [0, 0.1) is 11.8 Å². The van der Waals surface area contributed by atoms with Gasteiger partial charge >= 0.3 is 0 Å². The maximum atomic E-state index is 13.9. The second-order valence-electron chi connectivity index (χ2n) is 14.8. The van der Waals surface area contributed by atoms with Gasteiger partial charge in [0.2, 0.25) is 41.4 Å². The van der Waals surface area contributed by atoms with Crippen LogP contribution in [-0.4, -0.2) is 89.1 Å². The highest BCUT2D eigenvalue weighted by atomic mass is 16.2. The fraction of sp³-hybridized carbons (Fsp3) is 0.475. The van der Waals surface area contributed by atoms with E-state index in [0.717, 1.165) is 22.0 Å². The molecule has 15 nitrogen and oxygen atoms in total. The molecule has 0 radical (unpaired) electrons. The largest absolute Gasteiger partial charge is 0.361 e. The molecule has 0 saturated carbocycles. The van der Waals surface area contributed by atoms with E-state index in [0.29, 0.717) is 0 Å². The van der Waals surface area contributed by atoms with E-state index in [1.54, 1.807) is 58.2 Å². The van der Waals surface area contributed by atoms with Crippen molar-refractivity contribution in [2.45, 2.75) is 103 Å². The predicted molar refractivity (Wildman–Crippen MR) is 207 cm³/mol. The summed E-state index contributed by atoms with van der Waals surface area (Å²) in [7, 11) is 0. The zero-order chi connectivity index (χ0) is 40.2. The molecule has 0 spiro atoms. The molecular formula is C40H54N8O7. The van der Waals surface area contributed by atoms with Gasteiger partial charge in [-0.05, 0) is 49.3 Å². The van der Waals surface area contributed by atoms with Crippen molar-refractivity contribution in [1.82, 2.24) is 42.2 Å². The van der Waals surface area contributed by atoms with Gasteiger partial charge in [-0.15, -0.1) is 0 Å². The van der Waals surface area contributed by atoms with Gasteiger partial charge in [0, 0.05) is 42.9 Å². The molecule has 4 rings (SSSR count). The molecule has 296 valence electrons. The van der Waals surface area contributed by atoms with Gasteiger partial charge in [0.1, 0.15) is 36.3 Å². The van der Waals surface area contributed by atoms with Gasteiger partial charge in [-0.25, -0.2) is 0 Å². The standard InChI is InChI=1S/C40H54N8O7/c1-22(2)33-39(54)44-25(6)35(50)45-31(20-27-21-42-29-16-11-10-15-28(27)29)37(52)41-18-12-17-32(49)43-24(5)36(51)47-34(23(3)4)40(55)46-30(38(53)48-33)19-26-13-8-7-9-14-26/h7-11,13-16,21-25,30-31,33-34,42H,12,17-20H2,1-6H3,(H,41,52)(H,43,49)(H,44,54)(H,45,50)(H,46,55)(H,47,51)(H,48,53)/t24-,25-,30-,31-,33-,34-/m0/s1. The van der Waals surface area contributed by atoms with Crippen LogP contribution in [0.15, 0.2) is 60.8 Å². The van der Waals surface area contributed by atoms with Crippen LogP contribution < -0.4 is 37.2 Å². The molecule has 7 amide bonds. The summed E-state index contributed by atoms with van der Waals surface area (Å²) in [6.45, 7) is 10.0. The van der Waals surface area contributed by atoms with Crippen LogP contribution in [0.1, 0.15) is 65.5 Å². The number of aromatic amines is 1. The van der Waals surface area contributed by atoms with Crippen LogP contribution in [0.25, 0.3) is 10.9 Å². The van der Waals surface area contributed by atoms with E-state index in [2.05, 4.69) is 42.2 Å². The van der Waals surface area contributed by atoms with Crippen LogP contribution in [0.3, 0.4) is 0 Å². The van der Waals surface area contributed by atoms with E-state index in [4.69, 9.17) is 0 Å². The number of nitrogens with one attached hydrogen (secondary N) is 8. The van der Waals surface area contributed by atoms with E-state index in [-0.39, 0.29) is 32.2 Å². The lowest BCUT2D eigenvalue weighted by Crippen LogP contribution is -2.61. The molecule has 1 aliphatic rings. The molecular weight excluding hydrogens is 704 g/mol. The average Bonchev–Trinajstić information content (AvgIpc) is 3.55. The fourth-order valence-corrected chi connectivity index (χ4v) is 6.28. The molecule has 0 bridgehead atoms. The summed E-state index contributed by atoms with van der Waals surface area (Å²) in [6.07, 6.45) is 2.21. The van der Waals surface area contributed by atoms with Crippen molar-refractivity contribution in [3.05, 3.63) is 71.9 Å². The number of para-hydroxylation sites is 1. The first-order valence-corrected chi connectivity index (χ1v) is 18.8. The van der Waals surface area contributed by atoms with Gasteiger partial charge in [-0.3, -0.25) is 33.6 Å². The number of aromatic nitrogens is 1. The third-order valence-electron chi connectivity index (χ3n) is 9.54. The lowest BCUT2D eigenvalue weighted by Gasteiger charge is -2.29. The Morgan fingerprint density at radius 1 is 0.582 bits per heavy atom. The average molecular weight is 759 g/mol. The lowest BCUT2D eigenvalue weighted by atomic mass is 9.99. The number of fused-ring (bicyclic) bond motifs is 1. The van der Waals surface area contributed by atoms with Crippen LogP contribution in [-0.2, 0) is 46.4 Å². The number of benzene rings is 2. The number of hydrogen-bond acceptors (Lipinski definition) is 7. The van der Waals surface area contributed by atoms with Crippen molar-refractivity contribution >= 4 is 52.3 Å². The Labute approximate surface area is 321 Å². The molecule has 2 heterocycles. The number of amides is 7. The van der Waals surface area contributed by atoms with Crippen molar-refractivity contribution < 1.29 is 33.6 Å². The van der Waals surface area contributed by atoms with E-state index in [1.165, 1.54) is 13.8 Å². The van der Waals surface area contributed by atoms with E-state index < -0.39 is 89.4 Å². The first kappa shape index (κ1) is 42.0. The summed E-state index contributed by atoms with van der Waals surface area (Å²) in [5.74, 6) is -4.87. The molecule has 3 aromatic rings. The minimum Gasteiger partial charge on any atom is -0.361 e. The van der Waals surface area contributed by atoms with Crippen molar-refractivity contribution in [3.8, 4) is 0 Å². The first-order chi connectivity index (χ1) is 26.1. The highest BCUT2D eigenvalue weighted by Gasteiger charge is 2.34. The van der Waals surface area contributed by atoms with E-state index in [1.807, 2.05) is 30.3 Å². The maximum Gasteiger partial charge on any atom is 0.243 e. The van der Waals surface area contributed by atoms with Crippen LogP contribution in [0.5, 0.6) is 0 Å². The molecule has 8 N–H and O–H groups in total. The number of carbonyl (C=O) groups excluding carboxylic acids is 7. The topological polar surface area (TPSA) is 219 Å². The number of H-pyrrole nitrogens is 1. The minimum absolute atomic E-state index is 0.0121. The van der Waals surface area contributed by atoms with Crippen LogP contribution >= 0.6 is 0 Å². The minimum atomic E-state index is -1.15. The highest BCUT2D eigenvalue weighted by Crippen LogP contribution is 2.19. The molecule has 0 aliphatic carbocycles. The maximum absolute atomic E-state index is 13.9. The van der Waals surface area contributed by atoms with Crippen molar-refractivity contribution in [1.29, 1.82) is 0 Å². The van der Waals surface area contributed by atoms with Gasteiger partial charge in [0.25, 0.3) is 0 Å². The smallest absolute Gasteiger partial charge is 0.243 e. The first-order valence-electron chi connectivity index (χ1n) is 18.8. The van der Waals surface area contributed by atoms with Crippen molar-refractivity contribution in [2.24, 2.45) is 11.8 Å². The second-order valence-corrected chi connectivity index (χ2v) is 14.8. The Morgan fingerprint density at radius 2 is 1.13 bits per heavy atom. The molecule has 55 heavy (non-hydrogen) atoms. The fourth-order valence-electron chi connectivity index (χ4n) is 6.28. The van der Waals surface area contributed by atoms with Gasteiger partial charge in [-0.2, -0.15) is 0 Å². The Balaban J connectivity index is 1.63. The van der Waals surface area contributed by atoms with Crippen LogP contribution in [0.4, 0.5) is 0 Å². The Kier molecular flexibility index (Phi) is 14.9. The predicted octanol–water partition coefficient (Wildman–Crippen LogP) is 1.12. The second kappa shape index (κ2) is 19.6. The van der Waals surface area contributed by atoms with Crippen LogP contribution in [0.2, 0.25) is 0 Å². The summed E-state index contributed by atoms with van der Waals surface area (Å²) in [4.78, 5) is 97.6. The molecule has 1 aromatic heterocycles. The van der Waals surface area contributed by atoms with E-state index >= 15 is 0 Å². The molecule has 2 aromatic carbocycles. The summed E-state index contributed by atoms with van der Waals surface area (Å²) in [5, 5.41) is 20.0.